The minimum Gasteiger partial charge on any atom is -0.306 e. The summed E-state index contributed by atoms with van der Waals surface area (Å²) in [6.45, 7) is 1.52. The van der Waals surface area contributed by atoms with Gasteiger partial charge in [-0.1, -0.05) is 11.6 Å². The zero-order valence-electron chi connectivity index (χ0n) is 14.5. The van der Waals surface area contributed by atoms with Crippen molar-refractivity contribution in [3.8, 4) is 5.69 Å². The Hall–Kier alpha value is -2.18. The lowest BCUT2D eigenvalue weighted by atomic mass is 9.85. The van der Waals surface area contributed by atoms with Crippen molar-refractivity contribution in [3.05, 3.63) is 58.9 Å². The summed E-state index contributed by atoms with van der Waals surface area (Å²) in [7, 11) is 0. The molecule has 2 aliphatic rings. The van der Waals surface area contributed by atoms with Gasteiger partial charge in [-0.3, -0.25) is 9.25 Å². The number of nitrogens with one attached hydrogen (secondary N) is 1. The topological polar surface area (TPSA) is 60.6 Å². The fraction of sp³-hybridized carbons (Fsp3) is 0.421. The van der Waals surface area contributed by atoms with Crippen LogP contribution in [-0.2, 0) is 13.1 Å². The van der Waals surface area contributed by atoms with Gasteiger partial charge in [-0.2, -0.15) is 5.10 Å². The third-order valence-corrected chi connectivity index (χ3v) is 5.83. The molecule has 0 amide bonds. The Balaban J connectivity index is 1.46. The summed E-state index contributed by atoms with van der Waals surface area (Å²) >= 11 is 6.21. The van der Waals surface area contributed by atoms with Crippen molar-refractivity contribution in [2.75, 3.05) is 0 Å². The predicted molar refractivity (Wildman–Crippen MR) is 99.4 cm³/mol. The number of fused-ring (bicyclic) bond motifs is 3. The first kappa shape index (κ1) is 16.0. The minimum absolute atomic E-state index is 0.435. The fourth-order valence-corrected chi connectivity index (χ4v) is 4.48. The molecule has 5 rings (SSSR count). The quantitative estimate of drug-likeness (QED) is 0.750. The third kappa shape index (κ3) is 2.73. The van der Waals surface area contributed by atoms with E-state index < -0.39 is 0 Å². The number of rotatable bonds is 2. The molecule has 26 heavy (non-hydrogen) atoms. The van der Waals surface area contributed by atoms with Crippen LogP contribution >= 0.6 is 11.6 Å². The summed E-state index contributed by atoms with van der Waals surface area (Å²) in [5.41, 5.74) is 2.35. The summed E-state index contributed by atoms with van der Waals surface area (Å²) in [5, 5.41) is 17.7. The first-order chi connectivity index (χ1) is 12.8. The van der Waals surface area contributed by atoms with Crippen LogP contribution in [0.25, 0.3) is 5.69 Å². The van der Waals surface area contributed by atoms with E-state index in [4.69, 9.17) is 11.6 Å². The first-order valence-electron chi connectivity index (χ1n) is 9.22. The summed E-state index contributed by atoms with van der Waals surface area (Å²) < 4.78 is 4.35. The number of nitrogens with zero attached hydrogens (tertiary/aromatic N) is 5. The van der Waals surface area contributed by atoms with Gasteiger partial charge in [0.15, 0.2) is 5.82 Å². The maximum atomic E-state index is 6.21. The number of hydrogen-bond acceptors (Lipinski definition) is 4. The SMILES string of the molecule is Clc1ccc2c(c1)CNCc1nnc([C@H]3CC[C@H](n4cccn4)CC3)n1-2. The van der Waals surface area contributed by atoms with Crippen molar-refractivity contribution in [1.29, 1.82) is 0 Å². The van der Waals surface area contributed by atoms with Crippen LogP contribution in [0.15, 0.2) is 36.7 Å². The van der Waals surface area contributed by atoms with Gasteiger partial charge in [0.25, 0.3) is 0 Å². The van der Waals surface area contributed by atoms with Crippen LogP contribution in [-0.4, -0.2) is 24.5 Å². The molecule has 0 unspecified atom stereocenters. The van der Waals surface area contributed by atoms with E-state index in [1.165, 1.54) is 5.56 Å². The van der Waals surface area contributed by atoms with Gasteiger partial charge in [-0.15, -0.1) is 10.2 Å². The fourth-order valence-electron chi connectivity index (χ4n) is 4.29. The van der Waals surface area contributed by atoms with E-state index in [-0.39, 0.29) is 0 Å². The standard InChI is InChI=1S/C19H21ClN6/c20-15-4-7-17-14(10-15)11-21-12-18-23-24-19(26(17)18)13-2-5-16(6-3-13)25-9-1-8-22-25/h1,4,7-10,13,16,21H,2-3,5-6,11-12H2/t13-,16-. The molecule has 1 aliphatic carbocycles. The molecule has 1 saturated carbocycles. The van der Waals surface area contributed by atoms with E-state index in [1.54, 1.807) is 0 Å². The molecule has 1 aromatic carbocycles. The van der Waals surface area contributed by atoms with Crippen LogP contribution in [0.5, 0.6) is 0 Å². The Bertz CT molecular complexity index is 908. The third-order valence-electron chi connectivity index (χ3n) is 5.60. The molecule has 0 radical (unpaired) electrons. The molecule has 3 aromatic rings. The van der Waals surface area contributed by atoms with Gasteiger partial charge in [0.2, 0.25) is 0 Å². The normalized spacial score (nSPS) is 22.5. The van der Waals surface area contributed by atoms with E-state index in [0.29, 0.717) is 12.0 Å². The molecule has 0 saturated heterocycles. The van der Waals surface area contributed by atoms with Gasteiger partial charge in [-0.25, -0.2) is 0 Å². The molecule has 7 heteroatoms. The molecule has 0 atom stereocenters. The molecule has 2 aromatic heterocycles. The molecule has 0 spiro atoms. The van der Waals surface area contributed by atoms with Gasteiger partial charge in [-0.05, 0) is 55.5 Å². The summed E-state index contributed by atoms with van der Waals surface area (Å²) in [4.78, 5) is 0. The van der Waals surface area contributed by atoms with Crippen molar-refractivity contribution in [2.24, 2.45) is 0 Å². The maximum absolute atomic E-state index is 6.21. The monoisotopic (exact) mass is 368 g/mol. The largest absolute Gasteiger partial charge is 0.306 e. The van der Waals surface area contributed by atoms with Gasteiger partial charge < -0.3 is 5.32 Å². The summed E-state index contributed by atoms with van der Waals surface area (Å²) in [5.74, 6) is 2.51. The average Bonchev–Trinajstić information content (AvgIpc) is 3.30. The van der Waals surface area contributed by atoms with Crippen LogP contribution in [0.2, 0.25) is 5.02 Å². The molecule has 3 heterocycles. The van der Waals surface area contributed by atoms with Gasteiger partial charge >= 0.3 is 0 Å². The number of halogens is 1. The number of hydrogen-bond donors (Lipinski definition) is 1. The van der Waals surface area contributed by atoms with E-state index in [1.807, 2.05) is 24.4 Å². The molecular formula is C19H21ClN6. The molecule has 134 valence electrons. The smallest absolute Gasteiger partial charge is 0.151 e. The van der Waals surface area contributed by atoms with Crippen molar-refractivity contribution in [1.82, 2.24) is 29.9 Å². The molecule has 6 nitrogen and oxygen atoms in total. The van der Waals surface area contributed by atoms with Crippen molar-refractivity contribution in [2.45, 2.75) is 50.7 Å². The summed E-state index contributed by atoms with van der Waals surface area (Å²) in [6.07, 6.45) is 8.40. The first-order valence-corrected chi connectivity index (χ1v) is 9.60. The molecular weight excluding hydrogens is 348 g/mol. The lowest BCUT2D eigenvalue weighted by Crippen LogP contribution is -2.20. The second-order valence-electron chi connectivity index (χ2n) is 7.18. The highest BCUT2D eigenvalue weighted by Crippen LogP contribution is 2.38. The highest BCUT2D eigenvalue weighted by atomic mass is 35.5. The second-order valence-corrected chi connectivity index (χ2v) is 7.61. The minimum atomic E-state index is 0.435. The predicted octanol–water partition coefficient (Wildman–Crippen LogP) is 3.62. The van der Waals surface area contributed by atoms with E-state index in [2.05, 4.69) is 42.1 Å². The molecule has 0 bridgehead atoms. The van der Waals surface area contributed by atoms with E-state index in [9.17, 15) is 0 Å². The molecule has 1 aliphatic heterocycles. The van der Waals surface area contributed by atoms with Crippen LogP contribution in [0.3, 0.4) is 0 Å². The number of benzene rings is 1. The van der Waals surface area contributed by atoms with E-state index >= 15 is 0 Å². The van der Waals surface area contributed by atoms with Gasteiger partial charge in [0, 0.05) is 29.9 Å². The van der Waals surface area contributed by atoms with Gasteiger partial charge in [0.05, 0.1) is 18.3 Å². The van der Waals surface area contributed by atoms with Gasteiger partial charge in [0.1, 0.15) is 5.82 Å². The Morgan fingerprint density at radius 2 is 1.96 bits per heavy atom. The average molecular weight is 369 g/mol. The zero-order chi connectivity index (χ0) is 17.5. The second kappa shape index (κ2) is 6.52. The molecule has 1 fully saturated rings. The molecule has 1 N–H and O–H groups in total. The lowest BCUT2D eigenvalue weighted by molar-refractivity contribution is 0.297. The highest BCUT2D eigenvalue weighted by molar-refractivity contribution is 6.30. The maximum Gasteiger partial charge on any atom is 0.151 e. The zero-order valence-corrected chi connectivity index (χ0v) is 15.2. The lowest BCUT2D eigenvalue weighted by Gasteiger charge is -2.28. The van der Waals surface area contributed by atoms with Crippen molar-refractivity contribution in [3.63, 3.8) is 0 Å². The van der Waals surface area contributed by atoms with Crippen LogP contribution < -0.4 is 5.32 Å². The Morgan fingerprint density at radius 1 is 1.08 bits per heavy atom. The number of aromatic nitrogens is 5. The van der Waals surface area contributed by atoms with E-state index in [0.717, 1.165) is 61.1 Å². The van der Waals surface area contributed by atoms with Crippen molar-refractivity contribution >= 4 is 11.6 Å². The van der Waals surface area contributed by atoms with Crippen LogP contribution in [0, 0.1) is 0 Å². The highest BCUT2D eigenvalue weighted by Gasteiger charge is 2.29. The Labute approximate surface area is 157 Å². The Kier molecular flexibility index (Phi) is 4.02. The van der Waals surface area contributed by atoms with Crippen LogP contribution in [0.1, 0.15) is 54.9 Å². The Morgan fingerprint density at radius 3 is 2.77 bits per heavy atom. The van der Waals surface area contributed by atoms with Crippen LogP contribution in [0.4, 0.5) is 0 Å². The summed E-state index contributed by atoms with van der Waals surface area (Å²) in [6, 6.07) is 8.59. The van der Waals surface area contributed by atoms with Crippen molar-refractivity contribution < 1.29 is 0 Å².